The summed E-state index contributed by atoms with van der Waals surface area (Å²) in [6.07, 6.45) is -2.35. The van der Waals surface area contributed by atoms with Crippen LogP contribution in [0.1, 0.15) is 30.0 Å². The van der Waals surface area contributed by atoms with Gasteiger partial charge in [0.15, 0.2) is 0 Å². The first-order valence-corrected chi connectivity index (χ1v) is 10.9. The third-order valence-electron chi connectivity index (χ3n) is 5.93. The molecule has 9 heteroatoms. The number of hydrogen-bond acceptors (Lipinski definition) is 4. The maximum absolute atomic E-state index is 13.0. The molecule has 4 N–H and O–H groups in total. The monoisotopic (exact) mass is 472 g/mol. The number of amides is 2. The number of aryl methyl sites for hydroxylation is 1. The molecule has 2 atom stereocenters. The molecule has 6 nitrogen and oxygen atoms in total. The molecule has 34 heavy (non-hydrogen) atoms. The van der Waals surface area contributed by atoms with Crippen molar-refractivity contribution in [2.75, 3.05) is 12.8 Å². The first-order chi connectivity index (χ1) is 16.1. The lowest BCUT2D eigenvalue weighted by atomic mass is 9.86. The molecule has 0 saturated carbocycles. The quantitative estimate of drug-likeness (QED) is 0.460. The molecule has 0 aliphatic carbocycles. The van der Waals surface area contributed by atoms with Gasteiger partial charge in [-0.25, -0.2) is 4.98 Å². The van der Waals surface area contributed by atoms with Crippen molar-refractivity contribution in [1.29, 1.82) is 0 Å². The van der Waals surface area contributed by atoms with E-state index in [1.165, 1.54) is 13.1 Å². The molecule has 0 saturated heterocycles. The number of nitrogen functional groups attached to an aromatic ring is 1. The SMILES string of the molecule is CNC(=O)C(CCc1cccc(C(F)(F)F)c1)[C@H](C)C(=O)NCc1ccc2c(N)nccc2c1. The number of rotatable bonds is 8. The number of pyridine rings is 1. The molecule has 1 unspecified atom stereocenters. The van der Waals surface area contributed by atoms with Crippen molar-refractivity contribution >= 4 is 28.4 Å². The first kappa shape index (κ1) is 25.0. The van der Waals surface area contributed by atoms with Gasteiger partial charge in [-0.15, -0.1) is 0 Å². The van der Waals surface area contributed by atoms with Gasteiger partial charge in [-0.05, 0) is 47.6 Å². The van der Waals surface area contributed by atoms with E-state index in [1.54, 1.807) is 19.2 Å². The zero-order valence-electron chi connectivity index (χ0n) is 18.9. The Balaban J connectivity index is 1.66. The molecule has 1 aromatic heterocycles. The number of nitrogens with two attached hydrogens (primary N) is 1. The van der Waals surface area contributed by atoms with Gasteiger partial charge in [0.2, 0.25) is 11.8 Å². The van der Waals surface area contributed by atoms with Crippen LogP contribution in [0.5, 0.6) is 0 Å². The number of nitrogens with one attached hydrogen (secondary N) is 2. The van der Waals surface area contributed by atoms with E-state index >= 15 is 0 Å². The Labute approximate surface area is 195 Å². The standard InChI is InChI=1S/C25H27F3N4O2/c1-15(23(33)32-14-17-7-9-21-18(12-17)10-11-31-22(21)29)20(24(34)30-2)8-6-16-4-3-5-19(13-16)25(26,27)28/h3-5,7,9-13,15,20H,6,8,14H2,1-2H3,(H2,29,31)(H,30,34)(H,32,33)/t15-,20?/m0/s1. The number of fused-ring (bicyclic) bond motifs is 1. The topological polar surface area (TPSA) is 97.1 Å². The highest BCUT2D eigenvalue weighted by Crippen LogP contribution is 2.30. The van der Waals surface area contributed by atoms with Crippen LogP contribution < -0.4 is 16.4 Å². The molecule has 180 valence electrons. The van der Waals surface area contributed by atoms with Crippen molar-refractivity contribution in [1.82, 2.24) is 15.6 Å². The zero-order chi connectivity index (χ0) is 24.9. The zero-order valence-corrected chi connectivity index (χ0v) is 18.9. The summed E-state index contributed by atoms with van der Waals surface area (Å²) < 4.78 is 39.0. The van der Waals surface area contributed by atoms with Crippen LogP contribution in [0.4, 0.5) is 19.0 Å². The molecule has 0 bridgehead atoms. The molecule has 0 radical (unpaired) electrons. The van der Waals surface area contributed by atoms with E-state index in [-0.39, 0.29) is 31.2 Å². The van der Waals surface area contributed by atoms with Crippen molar-refractivity contribution in [3.8, 4) is 0 Å². The van der Waals surface area contributed by atoms with Gasteiger partial charge in [-0.1, -0.05) is 37.3 Å². The highest BCUT2D eigenvalue weighted by Gasteiger charge is 2.31. The number of alkyl halides is 3. The Kier molecular flexibility index (Phi) is 7.75. The van der Waals surface area contributed by atoms with Gasteiger partial charge in [0.05, 0.1) is 5.56 Å². The number of nitrogens with zero attached hydrogens (tertiary/aromatic N) is 1. The fourth-order valence-corrected chi connectivity index (χ4v) is 3.91. The highest BCUT2D eigenvalue weighted by molar-refractivity contribution is 5.91. The van der Waals surface area contributed by atoms with Crippen LogP contribution in [0.25, 0.3) is 10.8 Å². The van der Waals surface area contributed by atoms with E-state index in [1.807, 2.05) is 24.3 Å². The summed E-state index contributed by atoms with van der Waals surface area (Å²) >= 11 is 0. The third-order valence-corrected chi connectivity index (χ3v) is 5.93. The van der Waals surface area contributed by atoms with Crippen LogP contribution in [0, 0.1) is 11.8 Å². The van der Waals surface area contributed by atoms with Gasteiger partial charge in [0.25, 0.3) is 0 Å². The van der Waals surface area contributed by atoms with Gasteiger partial charge in [0, 0.05) is 37.0 Å². The van der Waals surface area contributed by atoms with E-state index < -0.39 is 23.6 Å². The fourth-order valence-electron chi connectivity index (χ4n) is 3.91. The predicted molar refractivity (Wildman–Crippen MR) is 124 cm³/mol. The Morgan fingerprint density at radius 2 is 1.82 bits per heavy atom. The number of halogens is 3. The summed E-state index contributed by atoms with van der Waals surface area (Å²) in [5.41, 5.74) is 6.45. The smallest absolute Gasteiger partial charge is 0.383 e. The van der Waals surface area contributed by atoms with Crippen molar-refractivity contribution in [3.05, 3.63) is 71.4 Å². The Morgan fingerprint density at radius 1 is 1.06 bits per heavy atom. The van der Waals surface area contributed by atoms with Gasteiger partial charge < -0.3 is 16.4 Å². The van der Waals surface area contributed by atoms with Gasteiger partial charge in [-0.3, -0.25) is 9.59 Å². The average Bonchev–Trinajstić information content (AvgIpc) is 2.82. The Hall–Kier alpha value is -3.62. The van der Waals surface area contributed by atoms with E-state index in [9.17, 15) is 22.8 Å². The van der Waals surface area contributed by atoms with Crippen LogP contribution in [0.15, 0.2) is 54.7 Å². The van der Waals surface area contributed by atoms with Crippen molar-refractivity contribution in [3.63, 3.8) is 0 Å². The number of carbonyl (C=O) groups is 2. The summed E-state index contributed by atoms with van der Waals surface area (Å²) in [6, 6.07) is 12.4. The Bertz CT molecular complexity index is 1180. The number of benzene rings is 2. The molecule has 0 aliphatic heterocycles. The van der Waals surface area contributed by atoms with Crippen LogP contribution in [0.2, 0.25) is 0 Å². The van der Waals surface area contributed by atoms with Gasteiger partial charge in [-0.2, -0.15) is 13.2 Å². The summed E-state index contributed by atoms with van der Waals surface area (Å²) in [6.45, 7) is 1.91. The summed E-state index contributed by atoms with van der Waals surface area (Å²) in [5.74, 6) is -1.58. The van der Waals surface area contributed by atoms with Gasteiger partial charge in [0.1, 0.15) is 5.82 Å². The summed E-state index contributed by atoms with van der Waals surface area (Å²) in [7, 11) is 1.47. The average molecular weight is 473 g/mol. The predicted octanol–water partition coefficient (Wildman–Crippen LogP) is 4.08. The van der Waals surface area contributed by atoms with E-state index in [4.69, 9.17) is 5.73 Å². The molecule has 0 aliphatic rings. The van der Waals surface area contributed by atoms with E-state index in [2.05, 4.69) is 15.6 Å². The maximum Gasteiger partial charge on any atom is 0.416 e. The summed E-state index contributed by atoms with van der Waals surface area (Å²) in [5, 5.41) is 7.12. The second-order valence-electron chi connectivity index (χ2n) is 8.22. The summed E-state index contributed by atoms with van der Waals surface area (Å²) in [4.78, 5) is 29.3. The molecule has 3 aromatic rings. The highest BCUT2D eigenvalue weighted by atomic mass is 19.4. The number of carbonyl (C=O) groups excluding carboxylic acids is 2. The number of aromatic nitrogens is 1. The lowest BCUT2D eigenvalue weighted by Gasteiger charge is -2.22. The normalized spacial score (nSPS) is 13.3. The minimum absolute atomic E-state index is 0.234. The molecule has 0 fully saturated rings. The minimum atomic E-state index is -4.44. The van der Waals surface area contributed by atoms with Crippen molar-refractivity contribution in [2.24, 2.45) is 11.8 Å². The number of anilines is 1. The molecule has 1 heterocycles. The molecule has 0 spiro atoms. The largest absolute Gasteiger partial charge is 0.416 e. The molecular weight excluding hydrogens is 445 g/mol. The Morgan fingerprint density at radius 3 is 2.53 bits per heavy atom. The minimum Gasteiger partial charge on any atom is -0.383 e. The van der Waals surface area contributed by atoms with Crippen LogP contribution in [0.3, 0.4) is 0 Å². The van der Waals surface area contributed by atoms with E-state index in [0.717, 1.165) is 28.5 Å². The maximum atomic E-state index is 13.0. The van der Waals surface area contributed by atoms with E-state index in [0.29, 0.717) is 11.4 Å². The molecule has 2 amide bonds. The first-order valence-electron chi connectivity index (χ1n) is 10.9. The third kappa shape index (κ3) is 6.03. The fraction of sp³-hybridized carbons (Fsp3) is 0.320. The molecule has 2 aromatic carbocycles. The second-order valence-corrected chi connectivity index (χ2v) is 8.22. The molecule has 3 rings (SSSR count). The van der Waals surface area contributed by atoms with Crippen LogP contribution in [-0.4, -0.2) is 23.8 Å². The van der Waals surface area contributed by atoms with Crippen LogP contribution >= 0.6 is 0 Å². The lowest BCUT2D eigenvalue weighted by molar-refractivity contribution is -0.137. The van der Waals surface area contributed by atoms with Crippen LogP contribution in [-0.2, 0) is 28.7 Å². The van der Waals surface area contributed by atoms with Gasteiger partial charge >= 0.3 is 6.18 Å². The van der Waals surface area contributed by atoms with Crippen molar-refractivity contribution in [2.45, 2.75) is 32.5 Å². The van der Waals surface area contributed by atoms with Crippen molar-refractivity contribution < 1.29 is 22.8 Å². The molecular formula is C25H27F3N4O2. The number of hydrogen-bond donors (Lipinski definition) is 3. The second kappa shape index (κ2) is 10.5. The lowest BCUT2D eigenvalue weighted by Crippen LogP contribution is -2.40.